The summed E-state index contributed by atoms with van der Waals surface area (Å²) < 4.78 is 16.4. The van der Waals surface area contributed by atoms with Crippen molar-refractivity contribution in [3.05, 3.63) is 59.7 Å². The van der Waals surface area contributed by atoms with Gasteiger partial charge in [0.15, 0.2) is 0 Å². The van der Waals surface area contributed by atoms with Crippen LogP contribution in [0.3, 0.4) is 0 Å². The standard InChI is InChI=1S/C20H26O4/c1-14(2)13-24-20(16-7-11-18(23-4)12-8-16)19(21)15-5-9-17(22-3)10-6-15/h5-12,14,19-21H,13H2,1-4H3/t19-,20+/m1/s1. The lowest BCUT2D eigenvalue weighted by molar-refractivity contribution is -0.0501. The number of hydrogen-bond donors (Lipinski definition) is 1. The molecule has 0 saturated heterocycles. The molecule has 0 spiro atoms. The lowest BCUT2D eigenvalue weighted by atomic mass is 9.97. The molecule has 2 aromatic carbocycles. The topological polar surface area (TPSA) is 47.9 Å². The van der Waals surface area contributed by atoms with Crippen molar-refractivity contribution in [1.82, 2.24) is 0 Å². The molecule has 4 nitrogen and oxygen atoms in total. The molecule has 2 aromatic rings. The maximum Gasteiger partial charge on any atom is 0.118 e. The molecular weight excluding hydrogens is 304 g/mol. The molecule has 0 unspecified atom stereocenters. The molecule has 0 aliphatic carbocycles. The maximum atomic E-state index is 10.8. The molecule has 0 bridgehead atoms. The molecule has 0 radical (unpaired) electrons. The molecular formula is C20H26O4. The minimum Gasteiger partial charge on any atom is -0.497 e. The molecule has 0 saturated carbocycles. The second-order valence-electron chi connectivity index (χ2n) is 6.14. The molecule has 0 aliphatic heterocycles. The number of hydrogen-bond acceptors (Lipinski definition) is 4. The molecule has 0 aromatic heterocycles. The van der Waals surface area contributed by atoms with Gasteiger partial charge in [0.05, 0.1) is 14.2 Å². The summed E-state index contributed by atoms with van der Waals surface area (Å²) in [5.41, 5.74) is 1.71. The number of aliphatic hydroxyl groups excluding tert-OH is 1. The Bertz CT molecular complexity index is 605. The van der Waals surface area contributed by atoms with Crippen molar-refractivity contribution < 1.29 is 19.3 Å². The lowest BCUT2D eigenvalue weighted by Gasteiger charge is -2.25. The van der Waals surface area contributed by atoms with Gasteiger partial charge in [0, 0.05) is 6.61 Å². The zero-order valence-electron chi connectivity index (χ0n) is 14.7. The van der Waals surface area contributed by atoms with Crippen LogP contribution in [-0.2, 0) is 4.74 Å². The summed E-state index contributed by atoms with van der Waals surface area (Å²) in [5.74, 6) is 1.92. The highest BCUT2D eigenvalue weighted by Crippen LogP contribution is 2.34. The average Bonchev–Trinajstić information content (AvgIpc) is 2.62. The second kappa shape index (κ2) is 8.71. The number of ether oxygens (including phenoxy) is 3. The van der Waals surface area contributed by atoms with Crippen molar-refractivity contribution in [3.63, 3.8) is 0 Å². The highest BCUT2D eigenvalue weighted by Gasteiger charge is 2.24. The van der Waals surface area contributed by atoms with Crippen LogP contribution >= 0.6 is 0 Å². The first kappa shape index (κ1) is 18.3. The summed E-state index contributed by atoms with van der Waals surface area (Å²) in [7, 11) is 3.26. The van der Waals surface area contributed by atoms with Gasteiger partial charge in [-0.25, -0.2) is 0 Å². The fraction of sp³-hybridized carbons (Fsp3) is 0.400. The first-order valence-electron chi connectivity index (χ1n) is 8.12. The first-order chi connectivity index (χ1) is 11.5. The van der Waals surface area contributed by atoms with Crippen LogP contribution in [0, 0.1) is 5.92 Å². The summed E-state index contributed by atoms with van der Waals surface area (Å²) in [6.45, 7) is 4.75. The van der Waals surface area contributed by atoms with E-state index < -0.39 is 12.2 Å². The van der Waals surface area contributed by atoms with Crippen LogP contribution in [0.5, 0.6) is 11.5 Å². The summed E-state index contributed by atoms with van der Waals surface area (Å²) in [6.07, 6.45) is -1.20. The molecule has 2 atom stereocenters. The molecule has 0 fully saturated rings. The fourth-order valence-electron chi connectivity index (χ4n) is 2.44. The summed E-state index contributed by atoms with van der Waals surface area (Å²) in [6, 6.07) is 15.0. The molecule has 0 heterocycles. The molecule has 130 valence electrons. The predicted octanol–water partition coefficient (Wildman–Crippen LogP) is 4.15. The van der Waals surface area contributed by atoms with E-state index in [2.05, 4.69) is 13.8 Å². The van der Waals surface area contributed by atoms with Crippen LogP contribution in [0.25, 0.3) is 0 Å². The molecule has 2 rings (SSSR count). The van der Waals surface area contributed by atoms with Crippen LogP contribution in [0.2, 0.25) is 0 Å². The molecule has 0 amide bonds. The Kier molecular flexibility index (Phi) is 6.64. The van der Waals surface area contributed by atoms with Gasteiger partial charge < -0.3 is 19.3 Å². The number of rotatable bonds is 8. The van der Waals surface area contributed by atoms with Crippen LogP contribution in [0.15, 0.2) is 48.5 Å². The van der Waals surface area contributed by atoms with E-state index in [0.717, 1.165) is 22.6 Å². The van der Waals surface area contributed by atoms with E-state index in [1.807, 2.05) is 48.5 Å². The third kappa shape index (κ3) is 4.73. The Hall–Kier alpha value is -2.04. The van der Waals surface area contributed by atoms with Gasteiger partial charge in [-0.05, 0) is 41.3 Å². The normalized spacial score (nSPS) is 13.6. The van der Waals surface area contributed by atoms with E-state index in [9.17, 15) is 5.11 Å². The van der Waals surface area contributed by atoms with E-state index in [1.165, 1.54) is 0 Å². The Balaban J connectivity index is 2.25. The molecule has 1 N–H and O–H groups in total. The van der Waals surface area contributed by atoms with Crippen LogP contribution in [0.4, 0.5) is 0 Å². The van der Waals surface area contributed by atoms with Gasteiger partial charge in [-0.1, -0.05) is 38.1 Å². The van der Waals surface area contributed by atoms with Gasteiger partial charge in [-0.3, -0.25) is 0 Å². The van der Waals surface area contributed by atoms with Gasteiger partial charge in [-0.15, -0.1) is 0 Å². The third-order valence-electron chi connectivity index (χ3n) is 3.80. The van der Waals surface area contributed by atoms with Gasteiger partial charge in [0.1, 0.15) is 23.7 Å². The summed E-state index contributed by atoms with van der Waals surface area (Å²) >= 11 is 0. The van der Waals surface area contributed by atoms with E-state index in [-0.39, 0.29) is 0 Å². The van der Waals surface area contributed by atoms with Crippen LogP contribution in [0.1, 0.15) is 37.2 Å². The molecule has 24 heavy (non-hydrogen) atoms. The van der Waals surface area contributed by atoms with E-state index in [1.54, 1.807) is 14.2 Å². The highest BCUT2D eigenvalue weighted by molar-refractivity contribution is 5.33. The van der Waals surface area contributed by atoms with Gasteiger partial charge in [-0.2, -0.15) is 0 Å². The fourth-order valence-corrected chi connectivity index (χ4v) is 2.44. The quantitative estimate of drug-likeness (QED) is 0.790. The van der Waals surface area contributed by atoms with Crippen molar-refractivity contribution in [1.29, 1.82) is 0 Å². The Morgan fingerprint density at radius 2 is 1.25 bits per heavy atom. The van der Waals surface area contributed by atoms with E-state index in [4.69, 9.17) is 14.2 Å². The largest absolute Gasteiger partial charge is 0.497 e. The lowest BCUT2D eigenvalue weighted by Crippen LogP contribution is -2.17. The highest BCUT2D eigenvalue weighted by atomic mass is 16.5. The number of benzene rings is 2. The maximum absolute atomic E-state index is 10.8. The summed E-state index contributed by atoms with van der Waals surface area (Å²) in [4.78, 5) is 0. The van der Waals surface area contributed by atoms with Crippen molar-refractivity contribution >= 4 is 0 Å². The third-order valence-corrected chi connectivity index (χ3v) is 3.80. The minimum atomic E-state index is -0.761. The van der Waals surface area contributed by atoms with Crippen LogP contribution in [-0.4, -0.2) is 25.9 Å². The van der Waals surface area contributed by atoms with Gasteiger partial charge >= 0.3 is 0 Å². The van der Waals surface area contributed by atoms with Crippen molar-refractivity contribution in [3.8, 4) is 11.5 Å². The smallest absolute Gasteiger partial charge is 0.118 e. The average molecular weight is 330 g/mol. The first-order valence-corrected chi connectivity index (χ1v) is 8.12. The van der Waals surface area contributed by atoms with Crippen molar-refractivity contribution in [2.75, 3.05) is 20.8 Å². The summed E-state index contributed by atoms with van der Waals surface area (Å²) in [5, 5.41) is 10.8. The van der Waals surface area contributed by atoms with Gasteiger partial charge in [0.25, 0.3) is 0 Å². The van der Waals surface area contributed by atoms with Crippen LogP contribution < -0.4 is 9.47 Å². The Morgan fingerprint density at radius 1 is 0.792 bits per heavy atom. The Morgan fingerprint density at radius 3 is 1.67 bits per heavy atom. The van der Waals surface area contributed by atoms with E-state index >= 15 is 0 Å². The molecule has 4 heteroatoms. The zero-order chi connectivity index (χ0) is 17.5. The Labute approximate surface area is 144 Å². The van der Waals surface area contributed by atoms with E-state index in [0.29, 0.717) is 12.5 Å². The predicted molar refractivity (Wildman–Crippen MR) is 94.5 cm³/mol. The monoisotopic (exact) mass is 330 g/mol. The van der Waals surface area contributed by atoms with Crippen molar-refractivity contribution in [2.24, 2.45) is 5.92 Å². The number of aliphatic hydroxyl groups is 1. The zero-order valence-corrected chi connectivity index (χ0v) is 14.7. The molecule has 0 aliphatic rings. The minimum absolute atomic E-state index is 0.383. The number of methoxy groups -OCH3 is 2. The van der Waals surface area contributed by atoms with Gasteiger partial charge in [0.2, 0.25) is 0 Å². The SMILES string of the molecule is COc1ccc([C@@H](O)[C@@H](OCC(C)C)c2ccc(OC)cc2)cc1. The second-order valence-corrected chi connectivity index (χ2v) is 6.14. The van der Waals surface area contributed by atoms with Crippen molar-refractivity contribution in [2.45, 2.75) is 26.1 Å².